The molecule has 2 heterocycles. The Morgan fingerprint density at radius 1 is 1.17 bits per heavy atom. The Morgan fingerprint density at radius 2 is 1.78 bits per heavy atom. The number of ketones is 1. The van der Waals surface area contributed by atoms with E-state index in [1.807, 2.05) is 0 Å². The summed E-state index contributed by atoms with van der Waals surface area (Å²) in [6.07, 6.45) is 4.84. The molecule has 3 heteroatoms. The van der Waals surface area contributed by atoms with Crippen LogP contribution in [0.5, 0.6) is 0 Å². The third kappa shape index (κ3) is 2.46. The Balaban J connectivity index is 1.63. The van der Waals surface area contributed by atoms with E-state index in [0.717, 1.165) is 18.4 Å². The summed E-state index contributed by atoms with van der Waals surface area (Å²) in [4.78, 5) is 12.2. The van der Waals surface area contributed by atoms with Gasteiger partial charge >= 0.3 is 0 Å². The van der Waals surface area contributed by atoms with Crippen molar-refractivity contribution in [2.45, 2.75) is 44.2 Å². The van der Waals surface area contributed by atoms with Gasteiger partial charge in [-0.15, -0.1) is 0 Å². The summed E-state index contributed by atoms with van der Waals surface area (Å²) in [5, 5.41) is 3.54. The molecule has 0 radical (unpaired) electrons. The van der Waals surface area contributed by atoms with Crippen molar-refractivity contribution in [2.75, 3.05) is 0 Å². The van der Waals surface area contributed by atoms with Crippen LogP contribution in [-0.4, -0.2) is 17.9 Å². The van der Waals surface area contributed by atoms with Crippen molar-refractivity contribution in [3.8, 4) is 0 Å². The Hall–Kier alpha value is -1.22. The molecule has 0 spiro atoms. The molecular weight excluding hydrogens is 229 g/mol. The molecule has 2 unspecified atom stereocenters. The zero-order valence-corrected chi connectivity index (χ0v) is 10.4. The van der Waals surface area contributed by atoms with Gasteiger partial charge in [0.15, 0.2) is 0 Å². The van der Waals surface area contributed by atoms with E-state index in [2.05, 4.69) is 5.32 Å². The Bertz CT molecular complexity index is 430. The fourth-order valence-corrected chi connectivity index (χ4v) is 3.27. The van der Waals surface area contributed by atoms with Crippen molar-refractivity contribution >= 4 is 5.78 Å². The minimum atomic E-state index is -0.244. The molecule has 0 saturated carbocycles. The number of halogens is 1. The summed E-state index contributed by atoms with van der Waals surface area (Å²) in [5.41, 5.74) is 0.923. The van der Waals surface area contributed by atoms with Gasteiger partial charge in [-0.2, -0.15) is 0 Å². The van der Waals surface area contributed by atoms with Crippen LogP contribution >= 0.6 is 0 Å². The maximum Gasteiger partial charge on any atom is 0.140 e. The average molecular weight is 247 g/mol. The second-order valence-corrected chi connectivity index (χ2v) is 5.58. The molecule has 2 saturated heterocycles. The van der Waals surface area contributed by atoms with Crippen molar-refractivity contribution in [1.82, 2.24) is 5.32 Å². The van der Waals surface area contributed by atoms with Crippen LogP contribution in [0, 0.1) is 11.7 Å². The van der Waals surface area contributed by atoms with E-state index < -0.39 is 0 Å². The van der Waals surface area contributed by atoms with Gasteiger partial charge < -0.3 is 5.32 Å². The van der Waals surface area contributed by atoms with Gasteiger partial charge in [0.1, 0.15) is 11.6 Å². The second kappa shape index (κ2) is 4.81. The number of Topliss-reactive ketones (excluding diaryl/α,β-unsaturated/α-hetero) is 1. The third-order valence-electron chi connectivity index (χ3n) is 4.22. The van der Waals surface area contributed by atoms with E-state index in [0.29, 0.717) is 24.3 Å². The molecule has 2 aliphatic heterocycles. The lowest BCUT2D eigenvalue weighted by Crippen LogP contribution is -2.40. The molecule has 1 aromatic carbocycles. The molecular formula is C15H18FNO. The summed E-state index contributed by atoms with van der Waals surface area (Å²) < 4.78 is 12.8. The largest absolute Gasteiger partial charge is 0.311 e. The summed E-state index contributed by atoms with van der Waals surface area (Å²) >= 11 is 0. The van der Waals surface area contributed by atoms with Crippen LogP contribution in [0.15, 0.2) is 24.3 Å². The molecule has 2 fully saturated rings. The molecule has 96 valence electrons. The van der Waals surface area contributed by atoms with Crippen LogP contribution < -0.4 is 5.32 Å². The summed E-state index contributed by atoms with van der Waals surface area (Å²) in [6, 6.07) is 7.37. The minimum Gasteiger partial charge on any atom is -0.311 e. The fraction of sp³-hybridized carbons (Fsp3) is 0.533. The molecule has 2 atom stereocenters. The molecule has 2 aliphatic rings. The molecule has 3 rings (SSSR count). The number of piperidine rings is 1. The number of hydrogen-bond acceptors (Lipinski definition) is 2. The first-order valence-electron chi connectivity index (χ1n) is 6.74. The van der Waals surface area contributed by atoms with Crippen LogP contribution in [0.2, 0.25) is 0 Å². The molecule has 18 heavy (non-hydrogen) atoms. The number of nitrogens with one attached hydrogen (secondary N) is 1. The zero-order valence-electron chi connectivity index (χ0n) is 10.4. The zero-order chi connectivity index (χ0) is 12.5. The standard InChI is InChI=1S/C15H18FNO/c16-12-3-1-10(2-4-12)7-15(18)11-8-13-5-6-14(9-11)17-13/h1-4,11,13-14,17H,5-9H2. The Labute approximate surface area is 107 Å². The van der Waals surface area contributed by atoms with Crippen LogP contribution in [0.3, 0.4) is 0 Å². The van der Waals surface area contributed by atoms with Crippen LogP contribution in [0.25, 0.3) is 0 Å². The number of fused-ring (bicyclic) bond motifs is 2. The fourth-order valence-electron chi connectivity index (χ4n) is 3.27. The second-order valence-electron chi connectivity index (χ2n) is 5.58. The SMILES string of the molecule is O=C(Cc1ccc(F)cc1)C1CC2CCC(C1)N2. The van der Waals surface area contributed by atoms with E-state index in [1.165, 1.54) is 25.0 Å². The number of hydrogen-bond donors (Lipinski definition) is 1. The van der Waals surface area contributed by atoms with Gasteiger partial charge in [-0.25, -0.2) is 4.39 Å². The third-order valence-corrected chi connectivity index (χ3v) is 4.22. The summed E-state index contributed by atoms with van der Waals surface area (Å²) in [7, 11) is 0. The molecule has 1 N–H and O–H groups in total. The average Bonchev–Trinajstić information content (AvgIpc) is 2.71. The van der Waals surface area contributed by atoms with Crippen molar-refractivity contribution in [3.05, 3.63) is 35.6 Å². The van der Waals surface area contributed by atoms with E-state index in [1.54, 1.807) is 12.1 Å². The lowest BCUT2D eigenvalue weighted by molar-refractivity contribution is -0.123. The van der Waals surface area contributed by atoms with E-state index in [9.17, 15) is 9.18 Å². The van der Waals surface area contributed by atoms with Crippen LogP contribution in [0.4, 0.5) is 4.39 Å². The first kappa shape index (κ1) is 11.8. The lowest BCUT2D eigenvalue weighted by Gasteiger charge is -2.28. The number of benzene rings is 1. The van der Waals surface area contributed by atoms with Gasteiger partial charge in [0.2, 0.25) is 0 Å². The lowest BCUT2D eigenvalue weighted by atomic mass is 9.86. The van der Waals surface area contributed by atoms with E-state index >= 15 is 0 Å². The predicted octanol–water partition coefficient (Wildman–Crippen LogP) is 2.47. The molecule has 0 amide bonds. The van der Waals surface area contributed by atoms with Crippen LogP contribution in [0.1, 0.15) is 31.2 Å². The first-order chi connectivity index (χ1) is 8.70. The quantitative estimate of drug-likeness (QED) is 0.889. The number of carbonyl (C=O) groups excluding carboxylic acids is 1. The van der Waals surface area contributed by atoms with Gasteiger partial charge in [-0.1, -0.05) is 12.1 Å². The van der Waals surface area contributed by atoms with Gasteiger partial charge in [0, 0.05) is 24.4 Å². The number of rotatable bonds is 3. The topological polar surface area (TPSA) is 29.1 Å². The Kier molecular flexibility index (Phi) is 3.16. The Morgan fingerprint density at radius 3 is 2.39 bits per heavy atom. The van der Waals surface area contributed by atoms with Crippen molar-refractivity contribution in [3.63, 3.8) is 0 Å². The monoisotopic (exact) mass is 247 g/mol. The maximum atomic E-state index is 12.8. The molecule has 2 nitrogen and oxygen atoms in total. The van der Waals surface area contributed by atoms with Crippen molar-refractivity contribution in [1.29, 1.82) is 0 Å². The van der Waals surface area contributed by atoms with Gasteiger partial charge in [0.05, 0.1) is 0 Å². The van der Waals surface area contributed by atoms with E-state index in [4.69, 9.17) is 0 Å². The van der Waals surface area contributed by atoms with E-state index in [-0.39, 0.29) is 11.7 Å². The molecule has 1 aromatic rings. The van der Waals surface area contributed by atoms with Crippen LogP contribution in [-0.2, 0) is 11.2 Å². The van der Waals surface area contributed by atoms with Crippen molar-refractivity contribution < 1.29 is 9.18 Å². The normalized spacial score (nSPS) is 30.4. The van der Waals surface area contributed by atoms with Gasteiger partial charge in [-0.3, -0.25) is 4.79 Å². The highest BCUT2D eigenvalue weighted by Crippen LogP contribution is 2.31. The summed E-state index contributed by atoms with van der Waals surface area (Å²) in [6.45, 7) is 0. The highest BCUT2D eigenvalue weighted by atomic mass is 19.1. The smallest absolute Gasteiger partial charge is 0.140 e. The molecule has 0 aliphatic carbocycles. The highest BCUT2D eigenvalue weighted by Gasteiger charge is 2.36. The van der Waals surface area contributed by atoms with Crippen molar-refractivity contribution in [2.24, 2.45) is 5.92 Å². The molecule has 2 bridgehead atoms. The highest BCUT2D eigenvalue weighted by molar-refractivity contribution is 5.83. The molecule has 0 aromatic heterocycles. The first-order valence-corrected chi connectivity index (χ1v) is 6.74. The minimum absolute atomic E-state index is 0.203. The van der Waals surface area contributed by atoms with Gasteiger partial charge in [-0.05, 0) is 43.4 Å². The van der Waals surface area contributed by atoms with Gasteiger partial charge in [0.25, 0.3) is 0 Å². The maximum absolute atomic E-state index is 12.8. The number of carbonyl (C=O) groups is 1. The predicted molar refractivity (Wildman–Crippen MR) is 67.8 cm³/mol. The summed E-state index contributed by atoms with van der Waals surface area (Å²) in [5.74, 6) is 0.278.